The second kappa shape index (κ2) is 12.2. The minimum Gasteiger partial charge on any atom is -0.344 e. The van der Waals surface area contributed by atoms with E-state index in [9.17, 15) is 27.6 Å². The average molecular weight is 573 g/mol. The van der Waals surface area contributed by atoms with E-state index in [0.717, 1.165) is 6.07 Å². The molecule has 2 aromatic rings. The zero-order valence-electron chi connectivity index (χ0n) is 24.3. The van der Waals surface area contributed by atoms with Gasteiger partial charge in [0.25, 0.3) is 0 Å². The van der Waals surface area contributed by atoms with Crippen molar-refractivity contribution in [1.29, 1.82) is 0 Å². The minimum absolute atomic E-state index is 0.122. The van der Waals surface area contributed by atoms with E-state index in [1.54, 1.807) is 21.9 Å². The summed E-state index contributed by atoms with van der Waals surface area (Å²) in [6.45, 7) is 11.0. The SMILES string of the molecule is CC(=O)N[C@@H](Cc1cccc(F)c1)C(=O)N1CCN(C(=O)[C@@H]2CN(C(C)(C)C)C[C@H]2c2ccc(F)cc2F)[C@@H](C)C1. The number of rotatable bonds is 6. The Bertz CT molecular complexity index is 1300. The molecule has 3 amide bonds. The van der Waals surface area contributed by atoms with Crippen LogP contribution in [0.4, 0.5) is 13.2 Å². The summed E-state index contributed by atoms with van der Waals surface area (Å²) in [6, 6.07) is 8.23. The van der Waals surface area contributed by atoms with Crippen LogP contribution in [0, 0.1) is 23.4 Å². The molecule has 2 fully saturated rings. The molecule has 10 heteroatoms. The van der Waals surface area contributed by atoms with Crippen LogP contribution in [0.25, 0.3) is 0 Å². The normalized spacial score (nSPS) is 22.5. The van der Waals surface area contributed by atoms with Crippen molar-refractivity contribution >= 4 is 17.7 Å². The number of carbonyl (C=O) groups excluding carboxylic acids is 3. The van der Waals surface area contributed by atoms with E-state index in [4.69, 9.17) is 0 Å². The average Bonchev–Trinajstić information content (AvgIpc) is 3.33. The van der Waals surface area contributed by atoms with Gasteiger partial charge in [0, 0.05) is 69.6 Å². The zero-order chi connectivity index (χ0) is 30.1. The highest BCUT2D eigenvalue weighted by Crippen LogP contribution is 2.39. The summed E-state index contributed by atoms with van der Waals surface area (Å²) in [5.41, 5.74) is 0.664. The van der Waals surface area contributed by atoms with Gasteiger partial charge in [0.1, 0.15) is 23.5 Å². The summed E-state index contributed by atoms with van der Waals surface area (Å²) in [5, 5.41) is 2.69. The van der Waals surface area contributed by atoms with Crippen LogP contribution in [0.5, 0.6) is 0 Å². The molecule has 0 aliphatic carbocycles. The number of likely N-dealkylation sites (tertiary alicyclic amines) is 1. The second-order valence-corrected chi connectivity index (χ2v) is 12.2. The topological polar surface area (TPSA) is 73.0 Å². The van der Waals surface area contributed by atoms with E-state index in [-0.39, 0.29) is 55.4 Å². The molecule has 2 saturated heterocycles. The van der Waals surface area contributed by atoms with Crippen LogP contribution < -0.4 is 5.32 Å². The molecule has 1 N–H and O–H groups in total. The fraction of sp³-hybridized carbons (Fsp3) is 0.516. The highest BCUT2D eigenvalue weighted by atomic mass is 19.1. The van der Waals surface area contributed by atoms with Gasteiger partial charge >= 0.3 is 0 Å². The van der Waals surface area contributed by atoms with Crippen LogP contribution in [0.3, 0.4) is 0 Å². The molecule has 0 bridgehead atoms. The highest BCUT2D eigenvalue weighted by molar-refractivity contribution is 5.88. The molecule has 0 saturated carbocycles. The Hall–Kier alpha value is -3.40. The van der Waals surface area contributed by atoms with Gasteiger partial charge in [-0.15, -0.1) is 0 Å². The Morgan fingerprint density at radius 3 is 2.29 bits per heavy atom. The molecule has 0 aromatic heterocycles. The molecular weight excluding hydrogens is 533 g/mol. The fourth-order valence-corrected chi connectivity index (χ4v) is 5.98. The lowest BCUT2D eigenvalue weighted by Crippen LogP contribution is -2.60. The quantitative estimate of drug-likeness (QED) is 0.573. The lowest BCUT2D eigenvalue weighted by atomic mass is 9.87. The van der Waals surface area contributed by atoms with Crippen LogP contribution in [-0.4, -0.2) is 82.8 Å². The van der Waals surface area contributed by atoms with Gasteiger partial charge in [0.05, 0.1) is 5.92 Å². The van der Waals surface area contributed by atoms with E-state index < -0.39 is 35.3 Å². The van der Waals surface area contributed by atoms with Crippen molar-refractivity contribution in [3.05, 3.63) is 71.0 Å². The molecular formula is C31H39F3N4O3. The zero-order valence-corrected chi connectivity index (χ0v) is 24.3. The van der Waals surface area contributed by atoms with Crippen molar-refractivity contribution in [3.8, 4) is 0 Å². The standard InChI is InChI=1S/C31H39F3N4O3/c1-19-16-36(30(41)28(35-20(2)39)14-21-7-6-8-22(32)13-21)11-12-38(19)29(40)26-18-37(31(3,4)5)17-25(26)24-10-9-23(33)15-27(24)34/h6-10,13,15,19,25-26,28H,11-12,14,16-18H2,1-5H3,(H,35,39)/t19-,25-,26+,28-/m0/s1. The van der Waals surface area contributed by atoms with Gasteiger partial charge in [-0.1, -0.05) is 18.2 Å². The summed E-state index contributed by atoms with van der Waals surface area (Å²) in [4.78, 5) is 44.9. The number of nitrogens with one attached hydrogen (secondary N) is 1. The highest BCUT2D eigenvalue weighted by Gasteiger charge is 2.46. The predicted octanol–water partition coefficient (Wildman–Crippen LogP) is 3.72. The van der Waals surface area contributed by atoms with Crippen molar-refractivity contribution in [1.82, 2.24) is 20.0 Å². The first-order chi connectivity index (χ1) is 19.2. The van der Waals surface area contributed by atoms with Gasteiger partial charge in [-0.05, 0) is 57.0 Å². The van der Waals surface area contributed by atoms with Crippen LogP contribution in [-0.2, 0) is 20.8 Å². The van der Waals surface area contributed by atoms with E-state index in [2.05, 4.69) is 10.2 Å². The van der Waals surface area contributed by atoms with Crippen LogP contribution in [0.15, 0.2) is 42.5 Å². The third-order valence-electron chi connectivity index (χ3n) is 8.17. The Morgan fingerprint density at radius 2 is 1.68 bits per heavy atom. The molecule has 2 aliphatic rings. The largest absolute Gasteiger partial charge is 0.344 e. The lowest BCUT2D eigenvalue weighted by Gasteiger charge is -2.42. The maximum Gasteiger partial charge on any atom is 0.245 e. The van der Waals surface area contributed by atoms with Crippen LogP contribution in [0.1, 0.15) is 51.7 Å². The first kappa shape index (κ1) is 30.6. The van der Waals surface area contributed by atoms with Gasteiger partial charge in [-0.2, -0.15) is 0 Å². The Labute approximate surface area is 239 Å². The molecule has 4 rings (SSSR count). The molecule has 0 unspecified atom stereocenters. The Kier molecular flexibility index (Phi) is 9.11. The van der Waals surface area contributed by atoms with Gasteiger partial charge in [-0.3, -0.25) is 19.3 Å². The predicted molar refractivity (Wildman–Crippen MR) is 149 cm³/mol. The Balaban J connectivity index is 1.50. The third-order valence-corrected chi connectivity index (χ3v) is 8.17. The summed E-state index contributed by atoms with van der Waals surface area (Å²) in [7, 11) is 0. The fourth-order valence-electron chi connectivity index (χ4n) is 5.98. The summed E-state index contributed by atoms with van der Waals surface area (Å²) in [6.07, 6.45) is 0.138. The smallest absolute Gasteiger partial charge is 0.245 e. The number of carbonyl (C=O) groups is 3. The molecule has 222 valence electrons. The van der Waals surface area contributed by atoms with Crippen molar-refractivity contribution in [2.24, 2.45) is 5.92 Å². The Morgan fingerprint density at radius 1 is 0.976 bits per heavy atom. The van der Waals surface area contributed by atoms with Crippen molar-refractivity contribution in [2.45, 2.75) is 64.6 Å². The van der Waals surface area contributed by atoms with Crippen molar-refractivity contribution < 1.29 is 27.6 Å². The number of nitrogens with zero attached hydrogens (tertiary/aromatic N) is 3. The maximum absolute atomic E-state index is 14.9. The van der Waals surface area contributed by atoms with E-state index >= 15 is 0 Å². The van der Waals surface area contributed by atoms with Crippen LogP contribution >= 0.6 is 0 Å². The van der Waals surface area contributed by atoms with Crippen molar-refractivity contribution in [2.75, 3.05) is 32.7 Å². The lowest BCUT2D eigenvalue weighted by molar-refractivity contribution is -0.146. The number of benzene rings is 2. The first-order valence-electron chi connectivity index (χ1n) is 14.1. The summed E-state index contributed by atoms with van der Waals surface area (Å²) in [5.74, 6) is -3.50. The number of amides is 3. The molecule has 7 nitrogen and oxygen atoms in total. The summed E-state index contributed by atoms with van der Waals surface area (Å²) < 4.78 is 42.3. The molecule has 2 heterocycles. The van der Waals surface area contributed by atoms with Crippen molar-refractivity contribution in [3.63, 3.8) is 0 Å². The molecule has 0 spiro atoms. The third kappa shape index (κ3) is 7.09. The molecule has 41 heavy (non-hydrogen) atoms. The molecule has 0 radical (unpaired) electrons. The number of hydrogen-bond donors (Lipinski definition) is 1. The monoisotopic (exact) mass is 572 g/mol. The van der Waals surface area contributed by atoms with Gasteiger partial charge in [-0.25, -0.2) is 13.2 Å². The van der Waals surface area contributed by atoms with Gasteiger partial charge in [0.2, 0.25) is 17.7 Å². The van der Waals surface area contributed by atoms with E-state index in [1.165, 1.54) is 31.2 Å². The van der Waals surface area contributed by atoms with Crippen LogP contribution in [0.2, 0.25) is 0 Å². The molecule has 2 aliphatic heterocycles. The summed E-state index contributed by atoms with van der Waals surface area (Å²) >= 11 is 0. The van der Waals surface area contributed by atoms with Gasteiger partial charge < -0.3 is 15.1 Å². The van der Waals surface area contributed by atoms with E-state index in [1.807, 2.05) is 27.7 Å². The molecule has 4 atom stereocenters. The number of piperazine rings is 1. The number of halogens is 3. The first-order valence-corrected chi connectivity index (χ1v) is 14.1. The van der Waals surface area contributed by atoms with Gasteiger partial charge in [0.15, 0.2) is 0 Å². The second-order valence-electron chi connectivity index (χ2n) is 12.2. The van der Waals surface area contributed by atoms with E-state index in [0.29, 0.717) is 24.2 Å². The maximum atomic E-state index is 14.9. The number of hydrogen-bond acceptors (Lipinski definition) is 4. The molecule has 2 aromatic carbocycles. The minimum atomic E-state index is -0.871.